The van der Waals surface area contributed by atoms with E-state index in [0.29, 0.717) is 12.1 Å². The van der Waals surface area contributed by atoms with Gasteiger partial charge in [0, 0.05) is 29.4 Å². The predicted molar refractivity (Wildman–Crippen MR) is 109 cm³/mol. The molecule has 0 N–H and O–H groups in total. The van der Waals surface area contributed by atoms with Crippen molar-refractivity contribution in [2.45, 2.75) is 52.1 Å². The number of halogens is 1. The van der Waals surface area contributed by atoms with Crippen LogP contribution in [-0.4, -0.2) is 27.2 Å². The zero-order chi connectivity index (χ0) is 19.0. The monoisotopic (exact) mass is 363 g/mol. The van der Waals surface area contributed by atoms with Gasteiger partial charge in [-0.15, -0.1) is 0 Å². The van der Waals surface area contributed by atoms with E-state index in [1.807, 2.05) is 24.3 Å². The molecule has 3 nitrogen and oxygen atoms in total. The molecule has 1 aliphatic rings. The number of pyridine rings is 1. The highest BCUT2D eigenvalue weighted by atomic mass is 19.1. The standard InChI is InChI=1S/C23H26FN3/c1-16-15-21-9-4-5-14-26(21)23(16)22(19-10-12-20(24)13-11-19)25-27-17(2)7-6-8-18(27)3/h4-5,9-15,17-18H,6-8H2,1-3H3. The Morgan fingerprint density at radius 2 is 1.74 bits per heavy atom. The summed E-state index contributed by atoms with van der Waals surface area (Å²) < 4.78 is 15.7. The van der Waals surface area contributed by atoms with E-state index in [0.717, 1.165) is 35.3 Å². The van der Waals surface area contributed by atoms with Gasteiger partial charge in [0.15, 0.2) is 0 Å². The first kappa shape index (κ1) is 17.8. The minimum Gasteiger partial charge on any atom is -0.315 e. The molecule has 3 aromatic rings. The smallest absolute Gasteiger partial charge is 0.123 e. The van der Waals surface area contributed by atoms with Gasteiger partial charge in [0.2, 0.25) is 0 Å². The fourth-order valence-corrected chi connectivity index (χ4v) is 4.13. The molecular weight excluding hydrogens is 337 g/mol. The van der Waals surface area contributed by atoms with Crippen molar-refractivity contribution in [3.05, 3.63) is 77.4 Å². The van der Waals surface area contributed by atoms with E-state index in [2.05, 4.69) is 48.5 Å². The zero-order valence-corrected chi connectivity index (χ0v) is 16.2. The van der Waals surface area contributed by atoms with E-state index in [1.54, 1.807) is 0 Å². The quantitative estimate of drug-likeness (QED) is 0.570. The molecule has 27 heavy (non-hydrogen) atoms. The number of hydrogen-bond donors (Lipinski definition) is 0. The van der Waals surface area contributed by atoms with Crippen LogP contribution in [0.5, 0.6) is 0 Å². The third-order valence-electron chi connectivity index (χ3n) is 5.57. The highest BCUT2D eigenvalue weighted by Crippen LogP contribution is 2.26. The van der Waals surface area contributed by atoms with E-state index in [4.69, 9.17) is 5.10 Å². The number of hydrazone groups is 1. The first-order chi connectivity index (χ1) is 13.0. The SMILES string of the molecule is Cc1cc2ccccn2c1C(=NN1C(C)CCCC1C)c1ccc(F)cc1. The number of nitrogens with zero attached hydrogens (tertiary/aromatic N) is 3. The van der Waals surface area contributed by atoms with Crippen LogP contribution in [0.2, 0.25) is 0 Å². The third-order valence-corrected chi connectivity index (χ3v) is 5.57. The number of aryl methyl sites for hydroxylation is 1. The maximum atomic E-state index is 13.6. The number of rotatable bonds is 3. The number of fused-ring (bicyclic) bond motifs is 1. The molecule has 2 unspecified atom stereocenters. The summed E-state index contributed by atoms with van der Waals surface area (Å²) >= 11 is 0. The van der Waals surface area contributed by atoms with Crippen molar-refractivity contribution in [3.8, 4) is 0 Å². The molecule has 4 rings (SSSR count). The first-order valence-electron chi connectivity index (χ1n) is 9.74. The van der Waals surface area contributed by atoms with E-state index >= 15 is 0 Å². The molecule has 0 amide bonds. The summed E-state index contributed by atoms with van der Waals surface area (Å²) in [5, 5.41) is 7.40. The summed E-state index contributed by atoms with van der Waals surface area (Å²) in [6.45, 7) is 6.60. The van der Waals surface area contributed by atoms with Crippen molar-refractivity contribution >= 4 is 11.2 Å². The normalized spacial score (nSPS) is 21.0. The summed E-state index contributed by atoms with van der Waals surface area (Å²) in [5.41, 5.74) is 5.22. The van der Waals surface area contributed by atoms with Crippen LogP contribution in [0, 0.1) is 12.7 Å². The van der Waals surface area contributed by atoms with Gasteiger partial charge in [-0.25, -0.2) is 4.39 Å². The molecule has 140 valence electrons. The van der Waals surface area contributed by atoms with Crippen molar-refractivity contribution in [2.75, 3.05) is 0 Å². The van der Waals surface area contributed by atoms with E-state index in [-0.39, 0.29) is 5.82 Å². The van der Waals surface area contributed by atoms with Gasteiger partial charge >= 0.3 is 0 Å². The molecule has 0 bridgehead atoms. The van der Waals surface area contributed by atoms with Crippen molar-refractivity contribution in [1.29, 1.82) is 0 Å². The van der Waals surface area contributed by atoms with Crippen LogP contribution in [0.15, 0.2) is 59.8 Å². The van der Waals surface area contributed by atoms with Crippen molar-refractivity contribution in [1.82, 2.24) is 9.41 Å². The highest BCUT2D eigenvalue weighted by Gasteiger charge is 2.25. The van der Waals surface area contributed by atoms with Crippen LogP contribution >= 0.6 is 0 Å². The molecule has 0 radical (unpaired) electrons. The van der Waals surface area contributed by atoms with Crippen LogP contribution in [0.1, 0.15) is 49.9 Å². The van der Waals surface area contributed by atoms with Crippen molar-refractivity contribution in [3.63, 3.8) is 0 Å². The van der Waals surface area contributed by atoms with Gasteiger partial charge in [-0.3, -0.25) is 5.01 Å². The Balaban J connectivity index is 1.92. The Hall–Kier alpha value is -2.62. The summed E-state index contributed by atoms with van der Waals surface area (Å²) in [6, 6.07) is 15.8. The van der Waals surface area contributed by atoms with Gasteiger partial charge in [0.1, 0.15) is 11.5 Å². The topological polar surface area (TPSA) is 20.0 Å². The summed E-state index contributed by atoms with van der Waals surface area (Å²) in [6.07, 6.45) is 5.62. The maximum absolute atomic E-state index is 13.6. The Labute approximate surface area is 160 Å². The zero-order valence-electron chi connectivity index (χ0n) is 16.2. The number of aromatic nitrogens is 1. The third kappa shape index (κ3) is 3.36. The lowest BCUT2D eigenvalue weighted by Gasteiger charge is -2.37. The highest BCUT2D eigenvalue weighted by molar-refractivity contribution is 6.13. The Kier molecular flexibility index (Phi) is 4.73. The van der Waals surface area contributed by atoms with Crippen molar-refractivity contribution < 1.29 is 4.39 Å². The van der Waals surface area contributed by atoms with Crippen LogP contribution < -0.4 is 0 Å². The summed E-state index contributed by atoms with van der Waals surface area (Å²) in [5.74, 6) is -0.227. The molecule has 1 aliphatic heterocycles. The minimum absolute atomic E-state index is 0.227. The van der Waals surface area contributed by atoms with Crippen LogP contribution in [0.3, 0.4) is 0 Å². The van der Waals surface area contributed by atoms with Gasteiger partial charge in [-0.2, -0.15) is 5.10 Å². The first-order valence-corrected chi connectivity index (χ1v) is 9.74. The van der Waals surface area contributed by atoms with Gasteiger partial charge in [0.05, 0.1) is 5.69 Å². The molecule has 1 aromatic carbocycles. The molecule has 0 aliphatic carbocycles. The van der Waals surface area contributed by atoms with E-state index in [1.165, 1.54) is 24.1 Å². The molecule has 4 heteroatoms. The Morgan fingerprint density at radius 1 is 1.04 bits per heavy atom. The number of benzene rings is 1. The minimum atomic E-state index is -0.227. The molecule has 3 heterocycles. The van der Waals surface area contributed by atoms with Crippen LogP contribution in [0.4, 0.5) is 4.39 Å². The summed E-state index contributed by atoms with van der Waals surface area (Å²) in [7, 11) is 0. The van der Waals surface area contributed by atoms with Crippen molar-refractivity contribution in [2.24, 2.45) is 5.10 Å². The molecular formula is C23H26FN3. The molecule has 0 saturated carbocycles. The lowest BCUT2D eigenvalue weighted by Crippen LogP contribution is -2.40. The average Bonchev–Trinajstić information content (AvgIpc) is 2.98. The lowest BCUT2D eigenvalue weighted by atomic mass is 9.99. The van der Waals surface area contributed by atoms with E-state index in [9.17, 15) is 4.39 Å². The predicted octanol–water partition coefficient (Wildman–Crippen LogP) is 5.40. The second-order valence-corrected chi connectivity index (χ2v) is 7.64. The van der Waals surface area contributed by atoms with Crippen LogP contribution in [0.25, 0.3) is 5.52 Å². The molecule has 2 atom stereocenters. The number of piperidine rings is 1. The molecule has 2 aromatic heterocycles. The van der Waals surface area contributed by atoms with Gasteiger partial charge < -0.3 is 4.40 Å². The van der Waals surface area contributed by atoms with Gasteiger partial charge in [-0.05, 0) is 88.1 Å². The van der Waals surface area contributed by atoms with Gasteiger partial charge in [-0.1, -0.05) is 6.07 Å². The fraction of sp³-hybridized carbons (Fsp3) is 0.348. The largest absolute Gasteiger partial charge is 0.315 e. The Bertz CT molecular complexity index is 961. The second kappa shape index (κ2) is 7.18. The maximum Gasteiger partial charge on any atom is 0.123 e. The lowest BCUT2D eigenvalue weighted by molar-refractivity contribution is 0.109. The second-order valence-electron chi connectivity index (χ2n) is 7.64. The fourth-order valence-electron chi connectivity index (χ4n) is 4.13. The number of hydrogen-bond acceptors (Lipinski definition) is 2. The average molecular weight is 363 g/mol. The van der Waals surface area contributed by atoms with Crippen LogP contribution in [-0.2, 0) is 0 Å². The molecule has 0 spiro atoms. The molecule has 1 saturated heterocycles. The Morgan fingerprint density at radius 3 is 2.44 bits per heavy atom. The summed E-state index contributed by atoms with van der Waals surface area (Å²) in [4.78, 5) is 0. The van der Waals surface area contributed by atoms with Gasteiger partial charge in [0.25, 0.3) is 0 Å². The molecule has 1 fully saturated rings. The van der Waals surface area contributed by atoms with E-state index < -0.39 is 0 Å².